The van der Waals surface area contributed by atoms with E-state index in [1.807, 2.05) is 0 Å². The first-order valence-corrected chi connectivity index (χ1v) is 11.0. The van der Waals surface area contributed by atoms with Crippen molar-refractivity contribution in [2.24, 2.45) is 0 Å². The van der Waals surface area contributed by atoms with E-state index in [0.717, 1.165) is 0 Å². The van der Waals surface area contributed by atoms with E-state index in [2.05, 4.69) is 20.0 Å². The van der Waals surface area contributed by atoms with Gasteiger partial charge in [0.15, 0.2) is 6.61 Å². The Labute approximate surface area is 203 Å². The predicted octanol–water partition coefficient (Wildman–Crippen LogP) is 3.17. The molecule has 0 aliphatic carbocycles. The summed E-state index contributed by atoms with van der Waals surface area (Å²) in [4.78, 5) is 34.8. The van der Waals surface area contributed by atoms with Crippen molar-refractivity contribution < 1.29 is 37.0 Å². The van der Waals surface area contributed by atoms with Crippen molar-refractivity contribution in [1.29, 1.82) is 0 Å². The zero-order valence-electron chi connectivity index (χ0n) is 18.6. The normalized spacial score (nSPS) is 14.3. The third kappa shape index (κ3) is 6.17. The number of carbonyl (C=O) groups excluding carboxylic acids is 2. The van der Waals surface area contributed by atoms with Crippen molar-refractivity contribution in [3.8, 4) is 5.88 Å². The number of amides is 2. The van der Waals surface area contributed by atoms with Crippen LogP contribution in [0.3, 0.4) is 0 Å². The van der Waals surface area contributed by atoms with Gasteiger partial charge in [-0.2, -0.15) is 8.78 Å². The van der Waals surface area contributed by atoms with Crippen molar-refractivity contribution in [3.05, 3.63) is 51.9 Å². The number of carbonyl (C=O) groups is 2. The molecule has 2 amide bonds. The van der Waals surface area contributed by atoms with Gasteiger partial charge in [-0.3, -0.25) is 14.6 Å². The number of aliphatic hydroxyl groups is 1. The number of hydrogen-bond acceptors (Lipinski definition) is 6. The molecule has 0 aromatic carbocycles. The standard InChI is InChI=1S/C22H23ClF4N4O4/c1-12(13-7-16(23)19(30-9-13)35-11-22(26,27)21(24)25)31-10-15-14(20(31)34)3-5-28-17(15)8-18(33)29-4-2-6-32/h3,5,7,9,12,21,32H,2,4,6,8,10-11H2,1H3,(H,29,33). The molecule has 3 heterocycles. The summed E-state index contributed by atoms with van der Waals surface area (Å²) in [5.74, 6) is -5.38. The zero-order valence-corrected chi connectivity index (χ0v) is 19.4. The second-order valence-electron chi connectivity index (χ2n) is 7.90. The maximum absolute atomic E-state index is 13.1. The molecule has 0 radical (unpaired) electrons. The molecule has 1 unspecified atom stereocenters. The first kappa shape index (κ1) is 26.6. The van der Waals surface area contributed by atoms with Crippen LogP contribution in [0.1, 0.15) is 46.6 Å². The molecule has 1 atom stereocenters. The number of pyridine rings is 2. The van der Waals surface area contributed by atoms with Gasteiger partial charge in [-0.05, 0) is 31.0 Å². The zero-order chi connectivity index (χ0) is 25.8. The maximum Gasteiger partial charge on any atom is 0.340 e. The average molecular weight is 519 g/mol. The summed E-state index contributed by atoms with van der Waals surface area (Å²) in [6.45, 7) is 0.556. The molecule has 0 saturated carbocycles. The molecular weight excluding hydrogens is 496 g/mol. The number of aromatic nitrogens is 2. The molecule has 0 bridgehead atoms. The minimum absolute atomic E-state index is 0.0349. The summed E-state index contributed by atoms with van der Waals surface area (Å²) in [5, 5.41) is 11.3. The predicted molar refractivity (Wildman–Crippen MR) is 117 cm³/mol. The molecular formula is C22H23ClF4N4O4. The summed E-state index contributed by atoms with van der Waals surface area (Å²) in [6.07, 6.45) is -0.802. The molecule has 2 N–H and O–H groups in total. The SMILES string of the molecule is CC(c1cnc(OCC(F)(F)C(F)F)c(Cl)c1)N1Cc2c(ccnc2CC(=O)NCCCO)C1=O. The number of hydrogen-bond donors (Lipinski definition) is 2. The summed E-state index contributed by atoms with van der Waals surface area (Å²) >= 11 is 6.06. The van der Waals surface area contributed by atoms with E-state index in [0.29, 0.717) is 35.3 Å². The van der Waals surface area contributed by atoms with Crippen molar-refractivity contribution in [2.45, 2.75) is 44.7 Å². The molecule has 3 rings (SSSR count). The molecule has 2 aromatic rings. The van der Waals surface area contributed by atoms with E-state index in [4.69, 9.17) is 16.7 Å². The molecule has 1 aliphatic rings. The fourth-order valence-electron chi connectivity index (χ4n) is 3.48. The Bertz CT molecular complexity index is 1090. The third-order valence-electron chi connectivity index (χ3n) is 5.45. The van der Waals surface area contributed by atoms with Gasteiger partial charge in [-0.25, -0.2) is 13.8 Å². The Morgan fingerprint density at radius 1 is 1.37 bits per heavy atom. The number of rotatable bonds is 11. The quantitative estimate of drug-likeness (QED) is 0.350. The molecule has 0 saturated heterocycles. The van der Waals surface area contributed by atoms with E-state index in [1.165, 1.54) is 23.4 Å². The van der Waals surface area contributed by atoms with Crippen molar-refractivity contribution >= 4 is 23.4 Å². The lowest BCUT2D eigenvalue weighted by Gasteiger charge is -2.25. The Morgan fingerprint density at radius 2 is 2.11 bits per heavy atom. The highest BCUT2D eigenvalue weighted by Crippen LogP contribution is 2.35. The number of ether oxygens (including phenoxy) is 1. The molecule has 190 valence electrons. The molecule has 35 heavy (non-hydrogen) atoms. The van der Waals surface area contributed by atoms with Gasteiger partial charge in [0.2, 0.25) is 11.8 Å². The lowest BCUT2D eigenvalue weighted by Crippen LogP contribution is -2.34. The number of halogens is 5. The van der Waals surface area contributed by atoms with Crippen LogP contribution in [0.25, 0.3) is 0 Å². The van der Waals surface area contributed by atoms with Crippen LogP contribution in [0.4, 0.5) is 17.6 Å². The highest BCUT2D eigenvalue weighted by atomic mass is 35.5. The fourth-order valence-corrected chi connectivity index (χ4v) is 3.71. The monoisotopic (exact) mass is 518 g/mol. The van der Waals surface area contributed by atoms with E-state index in [9.17, 15) is 27.2 Å². The minimum Gasteiger partial charge on any atom is -0.470 e. The van der Waals surface area contributed by atoms with Crippen molar-refractivity contribution in [1.82, 2.24) is 20.2 Å². The van der Waals surface area contributed by atoms with Crippen LogP contribution >= 0.6 is 11.6 Å². The van der Waals surface area contributed by atoms with Gasteiger partial charge in [0.05, 0.1) is 18.2 Å². The van der Waals surface area contributed by atoms with Crippen LogP contribution in [0.15, 0.2) is 24.5 Å². The lowest BCUT2D eigenvalue weighted by atomic mass is 10.1. The first-order valence-electron chi connectivity index (χ1n) is 10.6. The molecule has 0 spiro atoms. The molecule has 0 fully saturated rings. The number of aliphatic hydroxyl groups excluding tert-OH is 1. The van der Waals surface area contributed by atoms with Gasteiger partial charge in [-0.1, -0.05) is 11.6 Å². The molecule has 2 aromatic heterocycles. The topological polar surface area (TPSA) is 105 Å². The van der Waals surface area contributed by atoms with Crippen molar-refractivity contribution in [3.63, 3.8) is 0 Å². The van der Waals surface area contributed by atoms with Gasteiger partial charge in [0.1, 0.15) is 5.02 Å². The van der Waals surface area contributed by atoms with Crippen LogP contribution in [0, 0.1) is 0 Å². The Balaban J connectivity index is 1.72. The van der Waals surface area contributed by atoms with Crippen molar-refractivity contribution in [2.75, 3.05) is 19.8 Å². The highest BCUT2D eigenvalue weighted by molar-refractivity contribution is 6.31. The Hall–Kier alpha value is -2.99. The minimum atomic E-state index is -4.35. The summed E-state index contributed by atoms with van der Waals surface area (Å²) in [5.41, 5.74) is 1.92. The summed E-state index contributed by atoms with van der Waals surface area (Å²) in [6, 6.07) is 2.37. The third-order valence-corrected chi connectivity index (χ3v) is 5.72. The van der Waals surface area contributed by atoms with Crippen LogP contribution in [-0.2, 0) is 17.8 Å². The number of alkyl halides is 4. The molecule has 13 heteroatoms. The molecule has 8 nitrogen and oxygen atoms in total. The summed E-state index contributed by atoms with van der Waals surface area (Å²) in [7, 11) is 0. The van der Waals surface area contributed by atoms with Crippen LogP contribution < -0.4 is 10.1 Å². The smallest absolute Gasteiger partial charge is 0.340 e. The van der Waals surface area contributed by atoms with Crippen LogP contribution in [0.5, 0.6) is 5.88 Å². The first-order chi connectivity index (χ1) is 16.5. The number of nitrogens with zero attached hydrogens (tertiary/aromatic N) is 3. The lowest BCUT2D eigenvalue weighted by molar-refractivity contribution is -0.148. The van der Waals surface area contributed by atoms with E-state index < -0.39 is 30.9 Å². The number of fused-ring (bicyclic) bond motifs is 1. The van der Waals surface area contributed by atoms with Gasteiger partial charge >= 0.3 is 12.3 Å². The van der Waals surface area contributed by atoms with Crippen LogP contribution in [0.2, 0.25) is 5.02 Å². The van der Waals surface area contributed by atoms with E-state index >= 15 is 0 Å². The highest BCUT2D eigenvalue weighted by Gasteiger charge is 2.42. The summed E-state index contributed by atoms with van der Waals surface area (Å²) < 4.78 is 55.5. The number of nitrogens with one attached hydrogen (secondary N) is 1. The second kappa shape index (κ2) is 11.2. The largest absolute Gasteiger partial charge is 0.470 e. The fraction of sp³-hybridized carbons (Fsp3) is 0.455. The molecule has 1 aliphatic heterocycles. The van der Waals surface area contributed by atoms with E-state index in [-0.39, 0.29) is 36.4 Å². The van der Waals surface area contributed by atoms with E-state index in [1.54, 1.807) is 13.0 Å². The van der Waals surface area contributed by atoms with Gasteiger partial charge in [-0.15, -0.1) is 0 Å². The second-order valence-corrected chi connectivity index (χ2v) is 8.31. The Morgan fingerprint density at radius 3 is 2.77 bits per heavy atom. The van der Waals surface area contributed by atoms with Gasteiger partial charge < -0.3 is 20.1 Å². The van der Waals surface area contributed by atoms with Gasteiger partial charge in [0, 0.05) is 43.2 Å². The van der Waals surface area contributed by atoms with Crippen LogP contribution in [-0.4, -0.2) is 63.9 Å². The maximum atomic E-state index is 13.1. The Kier molecular flexibility index (Phi) is 8.49. The van der Waals surface area contributed by atoms with Gasteiger partial charge in [0.25, 0.3) is 5.91 Å². The average Bonchev–Trinajstić information content (AvgIpc) is 3.15.